The molecule has 0 atom stereocenters. The van der Waals surface area contributed by atoms with Gasteiger partial charge in [0, 0.05) is 29.7 Å². The molecule has 3 aromatic rings. The minimum Gasteiger partial charge on any atom is -0.478 e. The molecule has 1 N–H and O–H groups in total. The molecule has 0 unspecified atom stereocenters. The summed E-state index contributed by atoms with van der Waals surface area (Å²) in [6.45, 7) is 0.422. The van der Waals surface area contributed by atoms with Crippen molar-refractivity contribution in [3.8, 4) is 0 Å². The predicted molar refractivity (Wildman–Crippen MR) is 80.5 cm³/mol. The van der Waals surface area contributed by atoms with E-state index in [0.717, 1.165) is 16.4 Å². The van der Waals surface area contributed by atoms with Gasteiger partial charge >= 0.3 is 5.97 Å². The molecule has 1 aliphatic carbocycles. The minimum absolute atomic E-state index is 0.169. The van der Waals surface area contributed by atoms with Crippen LogP contribution in [0.5, 0.6) is 0 Å². The van der Waals surface area contributed by atoms with E-state index in [1.165, 1.54) is 30.8 Å². The maximum Gasteiger partial charge on any atom is 0.338 e. The highest BCUT2D eigenvalue weighted by molar-refractivity contribution is 6.31. The Labute approximate surface area is 131 Å². The third-order valence-electron chi connectivity index (χ3n) is 3.84. The zero-order valence-corrected chi connectivity index (χ0v) is 12.4. The first-order valence-electron chi connectivity index (χ1n) is 7.03. The van der Waals surface area contributed by atoms with Gasteiger partial charge in [-0.3, -0.25) is 4.68 Å². The van der Waals surface area contributed by atoms with Gasteiger partial charge in [0.2, 0.25) is 0 Å². The summed E-state index contributed by atoms with van der Waals surface area (Å²) in [5, 5.41) is 13.7. The Balaban J connectivity index is 1.65. The minimum atomic E-state index is -0.984. The van der Waals surface area contributed by atoms with Gasteiger partial charge in [0.15, 0.2) is 0 Å². The Kier molecular flexibility index (Phi) is 2.94. The molecule has 112 valence electrons. The van der Waals surface area contributed by atoms with Gasteiger partial charge in [-0.05, 0) is 24.3 Å². The van der Waals surface area contributed by atoms with Gasteiger partial charge in [-0.2, -0.15) is 5.10 Å². The maximum atomic E-state index is 10.9. The van der Waals surface area contributed by atoms with Crippen molar-refractivity contribution < 1.29 is 9.90 Å². The van der Waals surface area contributed by atoms with Crippen LogP contribution in [0.3, 0.4) is 0 Å². The lowest BCUT2D eigenvalue weighted by molar-refractivity contribution is 0.0697. The number of pyridine rings is 1. The van der Waals surface area contributed by atoms with Crippen LogP contribution in [-0.4, -0.2) is 30.2 Å². The van der Waals surface area contributed by atoms with Gasteiger partial charge in [-0.15, -0.1) is 0 Å². The highest BCUT2D eigenvalue weighted by atomic mass is 35.5. The number of rotatable bonds is 4. The second-order valence-corrected chi connectivity index (χ2v) is 5.99. The number of nitrogens with zero attached hydrogens (tertiary/aromatic N) is 4. The van der Waals surface area contributed by atoms with Gasteiger partial charge in [0.25, 0.3) is 0 Å². The average molecular weight is 317 g/mol. The maximum absolute atomic E-state index is 10.9. The van der Waals surface area contributed by atoms with E-state index in [0.29, 0.717) is 12.5 Å². The van der Waals surface area contributed by atoms with Crippen molar-refractivity contribution in [2.24, 2.45) is 0 Å². The Morgan fingerprint density at radius 1 is 1.36 bits per heavy atom. The van der Waals surface area contributed by atoms with Gasteiger partial charge in [0.05, 0.1) is 24.0 Å². The molecule has 3 aromatic heterocycles. The molecule has 1 aliphatic rings. The normalized spacial score (nSPS) is 14.6. The molecule has 0 bridgehead atoms. The van der Waals surface area contributed by atoms with Crippen molar-refractivity contribution in [3.05, 3.63) is 52.7 Å². The number of halogens is 1. The molecule has 3 heterocycles. The number of aromatic nitrogens is 4. The number of fused-ring (bicyclic) bond motifs is 1. The molecule has 7 heteroatoms. The molecule has 0 radical (unpaired) electrons. The van der Waals surface area contributed by atoms with Crippen LogP contribution in [0.1, 0.15) is 40.4 Å². The van der Waals surface area contributed by atoms with Crippen LogP contribution in [0.4, 0.5) is 0 Å². The van der Waals surface area contributed by atoms with Crippen molar-refractivity contribution in [1.82, 2.24) is 19.2 Å². The molecule has 4 rings (SSSR count). The summed E-state index contributed by atoms with van der Waals surface area (Å²) in [6.07, 6.45) is 9.18. The number of imidazole rings is 1. The van der Waals surface area contributed by atoms with Crippen LogP contribution >= 0.6 is 11.6 Å². The molecule has 22 heavy (non-hydrogen) atoms. The number of aromatic carboxylic acids is 1. The fourth-order valence-electron chi connectivity index (χ4n) is 2.58. The van der Waals surface area contributed by atoms with Crippen LogP contribution in [0.15, 0.2) is 30.9 Å². The fourth-order valence-corrected chi connectivity index (χ4v) is 2.88. The Morgan fingerprint density at radius 2 is 2.18 bits per heavy atom. The molecular formula is C15H13ClN4O2. The van der Waals surface area contributed by atoms with Gasteiger partial charge in [0.1, 0.15) is 5.65 Å². The molecular weight excluding hydrogens is 304 g/mol. The lowest BCUT2D eigenvalue weighted by Crippen LogP contribution is -2.00. The summed E-state index contributed by atoms with van der Waals surface area (Å²) in [4.78, 5) is 15.4. The van der Waals surface area contributed by atoms with Gasteiger partial charge < -0.3 is 9.51 Å². The average Bonchev–Trinajstić information content (AvgIpc) is 3.07. The molecule has 0 saturated heterocycles. The van der Waals surface area contributed by atoms with E-state index in [9.17, 15) is 4.79 Å². The predicted octanol–water partition coefficient (Wildman–Crippen LogP) is 2.81. The molecule has 1 saturated carbocycles. The Morgan fingerprint density at radius 3 is 2.86 bits per heavy atom. The first kappa shape index (κ1) is 13.3. The monoisotopic (exact) mass is 316 g/mol. The van der Waals surface area contributed by atoms with Gasteiger partial charge in [-0.25, -0.2) is 9.78 Å². The first-order chi connectivity index (χ1) is 10.6. The van der Waals surface area contributed by atoms with Crippen molar-refractivity contribution in [2.45, 2.75) is 25.3 Å². The van der Waals surface area contributed by atoms with E-state index in [2.05, 4.69) is 10.1 Å². The van der Waals surface area contributed by atoms with Crippen molar-refractivity contribution in [2.75, 3.05) is 0 Å². The fraction of sp³-hybridized carbons (Fsp3) is 0.267. The quantitative estimate of drug-likeness (QED) is 0.803. The van der Waals surface area contributed by atoms with Crippen LogP contribution in [0.2, 0.25) is 5.02 Å². The number of hydrogen-bond acceptors (Lipinski definition) is 3. The molecule has 0 spiro atoms. The summed E-state index contributed by atoms with van der Waals surface area (Å²) in [5.74, 6) is -0.408. The van der Waals surface area contributed by atoms with Gasteiger partial charge in [-0.1, -0.05) is 11.6 Å². The second-order valence-electron chi connectivity index (χ2n) is 5.58. The molecule has 0 aromatic carbocycles. The number of carbonyl (C=O) groups is 1. The van der Waals surface area contributed by atoms with Crippen LogP contribution in [0, 0.1) is 0 Å². The largest absolute Gasteiger partial charge is 0.478 e. The number of carboxylic acid groups (broad SMARTS) is 1. The van der Waals surface area contributed by atoms with E-state index in [1.807, 2.05) is 22.9 Å². The summed E-state index contributed by atoms with van der Waals surface area (Å²) in [5.41, 5.74) is 2.94. The molecule has 0 amide bonds. The van der Waals surface area contributed by atoms with Crippen LogP contribution < -0.4 is 0 Å². The Hall–Kier alpha value is -2.34. The van der Waals surface area contributed by atoms with Crippen molar-refractivity contribution >= 4 is 23.2 Å². The zero-order valence-electron chi connectivity index (χ0n) is 11.6. The second kappa shape index (κ2) is 4.84. The third kappa shape index (κ3) is 2.35. The highest BCUT2D eigenvalue weighted by Gasteiger charge is 2.26. The number of carboxylic acids is 1. The van der Waals surface area contributed by atoms with E-state index in [1.54, 1.807) is 4.68 Å². The topological polar surface area (TPSA) is 72.4 Å². The van der Waals surface area contributed by atoms with E-state index in [-0.39, 0.29) is 5.56 Å². The smallest absolute Gasteiger partial charge is 0.338 e. The first-order valence-corrected chi connectivity index (χ1v) is 7.41. The molecule has 6 nitrogen and oxygen atoms in total. The third-order valence-corrected chi connectivity index (χ3v) is 4.17. The molecule has 0 aliphatic heterocycles. The van der Waals surface area contributed by atoms with E-state index in [4.69, 9.17) is 16.7 Å². The lowest BCUT2D eigenvalue weighted by Gasteiger charge is -2.02. The van der Waals surface area contributed by atoms with Crippen LogP contribution in [0.25, 0.3) is 5.65 Å². The standard InChI is InChI=1S/C15H13ClN4O2/c16-13-3-14-18-11(6-19(14)8-12(13)9-1-2-9)7-20-5-10(4-17-20)15(21)22/h3-6,8-9H,1-2,7H2,(H,21,22). The van der Waals surface area contributed by atoms with E-state index >= 15 is 0 Å². The summed E-state index contributed by atoms with van der Waals surface area (Å²) in [6, 6.07) is 1.88. The van der Waals surface area contributed by atoms with Crippen LogP contribution in [-0.2, 0) is 6.54 Å². The van der Waals surface area contributed by atoms with E-state index < -0.39 is 5.97 Å². The molecule has 1 fully saturated rings. The summed E-state index contributed by atoms with van der Waals surface area (Å²) < 4.78 is 3.53. The zero-order chi connectivity index (χ0) is 15.3. The van der Waals surface area contributed by atoms with Crippen molar-refractivity contribution in [1.29, 1.82) is 0 Å². The highest BCUT2D eigenvalue weighted by Crippen LogP contribution is 2.43. The van der Waals surface area contributed by atoms with Crippen molar-refractivity contribution in [3.63, 3.8) is 0 Å². The summed E-state index contributed by atoms with van der Waals surface area (Å²) >= 11 is 6.31. The SMILES string of the molecule is O=C(O)c1cnn(Cc2cn3cc(C4CC4)c(Cl)cc3n2)c1. The Bertz CT molecular complexity index is 879. The summed E-state index contributed by atoms with van der Waals surface area (Å²) in [7, 11) is 0. The lowest BCUT2D eigenvalue weighted by atomic mass is 10.2. The number of hydrogen-bond donors (Lipinski definition) is 1.